The largest absolute Gasteiger partial charge is 0.310 e. The first-order valence-corrected chi connectivity index (χ1v) is 7.46. The molecule has 0 atom stereocenters. The van der Waals surface area contributed by atoms with E-state index in [1.807, 2.05) is 12.2 Å². The maximum absolute atomic E-state index is 12.2. The highest BCUT2D eigenvalue weighted by molar-refractivity contribution is 5.91. The molecule has 1 saturated heterocycles. The van der Waals surface area contributed by atoms with E-state index >= 15 is 0 Å². The molecule has 22 heavy (non-hydrogen) atoms. The van der Waals surface area contributed by atoms with Gasteiger partial charge in [-0.25, -0.2) is 9.97 Å². The second-order valence-electron chi connectivity index (χ2n) is 5.32. The summed E-state index contributed by atoms with van der Waals surface area (Å²) in [5, 5.41) is 2.85. The van der Waals surface area contributed by atoms with Gasteiger partial charge >= 0.3 is 0 Å². The first-order valence-electron chi connectivity index (χ1n) is 7.46. The number of amides is 1. The van der Waals surface area contributed by atoms with Crippen LogP contribution in [0.15, 0.2) is 55.5 Å². The molecule has 0 aromatic carbocycles. The SMILES string of the molecule is C=C/C=C(\C=C)CN1CCC(C(=O)Nc2ccncn2)CC1. The minimum Gasteiger partial charge on any atom is -0.310 e. The third kappa shape index (κ3) is 4.63. The molecule has 2 rings (SSSR count). The zero-order valence-electron chi connectivity index (χ0n) is 12.7. The van der Waals surface area contributed by atoms with Crippen molar-refractivity contribution in [2.45, 2.75) is 12.8 Å². The fourth-order valence-corrected chi connectivity index (χ4v) is 2.54. The Kier molecular flexibility index (Phi) is 6.03. The smallest absolute Gasteiger partial charge is 0.228 e. The molecule has 2 heterocycles. The standard InChI is InChI=1S/C17H22N4O/c1-3-5-14(4-2)12-21-10-7-15(8-11-21)17(22)20-16-6-9-18-13-19-16/h3-6,9,13,15H,1-2,7-8,10-12H2,(H,18,19,20,22)/b14-5+. The molecule has 1 aromatic heterocycles. The molecule has 5 heteroatoms. The zero-order chi connectivity index (χ0) is 15.8. The number of anilines is 1. The molecule has 0 saturated carbocycles. The molecule has 0 spiro atoms. The highest BCUT2D eigenvalue weighted by atomic mass is 16.1. The lowest BCUT2D eigenvalue weighted by atomic mass is 9.95. The lowest BCUT2D eigenvalue weighted by Gasteiger charge is -2.31. The Hall–Kier alpha value is -2.27. The van der Waals surface area contributed by atoms with Crippen LogP contribution in [0.25, 0.3) is 0 Å². The van der Waals surface area contributed by atoms with Crippen LogP contribution in [-0.4, -0.2) is 40.4 Å². The van der Waals surface area contributed by atoms with E-state index in [2.05, 4.69) is 33.3 Å². The molecule has 0 bridgehead atoms. The van der Waals surface area contributed by atoms with Gasteiger partial charge in [-0.3, -0.25) is 9.69 Å². The van der Waals surface area contributed by atoms with Crippen LogP contribution in [0.5, 0.6) is 0 Å². The van der Waals surface area contributed by atoms with Crippen molar-refractivity contribution in [2.75, 3.05) is 25.0 Å². The summed E-state index contributed by atoms with van der Waals surface area (Å²) in [5.74, 6) is 0.649. The Bertz CT molecular complexity index is 545. The van der Waals surface area contributed by atoms with Gasteiger partial charge < -0.3 is 5.32 Å². The number of carbonyl (C=O) groups excluding carboxylic acids is 1. The van der Waals surface area contributed by atoms with Gasteiger partial charge in [0, 0.05) is 18.7 Å². The molecule has 1 aromatic rings. The summed E-state index contributed by atoms with van der Waals surface area (Å²) in [5.41, 5.74) is 1.15. The van der Waals surface area contributed by atoms with E-state index in [4.69, 9.17) is 0 Å². The van der Waals surface area contributed by atoms with Crippen LogP contribution >= 0.6 is 0 Å². The van der Waals surface area contributed by atoms with Crippen LogP contribution in [0.3, 0.4) is 0 Å². The molecule has 1 fully saturated rings. The minimum atomic E-state index is 0.0433. The number of hydrogen-bond acceptors (Lipinski definition) is 4. The van der Waals surface area contributed by atoms with E-state index < -0.39 is 0 Å². The van der Waals surface area contributed by atoms with E-state index in [-0.39, 0.29) is 11.8 Å². The molecule has 0 unspecified atom stereocenters. The number of hydrogen-bond donors (Lipinski definition) is 1. The second kappa shape index (κ2) is 8.24. The van der Waals surface area contributed by atoms with Gasteiger partial charge in [-0.15, -0.1) is 0 Å². The van der Waals surface area contributed by atoms with Crippen LogP contribution in [0.4, 0.5) is 5.82 Å². The first kappa shape index (κ1) is 16.1. The topological polar surface area (TPSA) is 58.1 Å². The predicted octanol–water partition coefficient (Wildman–Crippen LogP) is 2.43. The highest BCUT2D eigenvalue weighted by Gasteiger charge is 2.25. The van der Waals surface area contributed by atoms with Gasteiger partial charge in [-0.2, -0.15) is 0 Å². The Morgan fingerprint density at radius 1 is 1.41 bits per heavy atom. The monoisotopic (exact) mass is 298 g/mol. The maximum atomic E-state index is 12.2. The van der Waals surface area contributed by atoms with Crippen molar-refractivity contribution in [3.05, 3.63) is 55.5 Å². The molecule has 1 aliphatic heterocycles. The van der Waals surface area contributed by atoms with E-state index in [1.54, 1.807) is 18.3 Å². The summed E-state index contributed by atoms with van der Waals surface area (Å²) in [4.78, 5) is 22.4. The minimum absolute atomic E-state index is 0.0433. The Morgan fingerprint density at radius 3 is 2.77 bits per heavy atom. The molecule has 116 valence electrons. The fraction of sp³-hybridized carbons (Fsp3) is 0.353. The van der Waals surface area contributed by atoms with Crippen LogP contribution in [0.2, 0.25) is 0 Å². The van der Waals surface area contributed by atoms with E-state index in [9.17, 15) is 4.79 Å². The molecule has 5 nitrogen and oxygen atoms in total. The van der Waals surface area contributed by atoms with E-state index in [0.29, 0.717) is 5.82 Å². The number of allylic oxidation sites excluding steroid dienone is 2. The number of nitrogens with one attached hydrogen (secondary N) is 1. The number of aromatic nitrogens is 2. The number of nitrogens with zero attached hydrogens (tertiary/aromatic N) is 3. The summed E-state index contributed by atoms with van der Waals surface area (Å²) >= 11 is 0. The van der Waals surface area contributed by atoms with Crippen molar-refractivity contribution in [3.8, 4) is 0 Å². The maximum Gasteiger partial charge on any atom is 0.228 e. The Balaban J connectivity index is 1.81. The average molecular weight is 298 g/mol. The van der Waals surface area contributed by atoms with Crippen LogP contribution in [-0.2, 0) is 4.79 Å². The van der Waals surface area contributed by atoms with Crippen LogP contribution in [0, 0.1) is 5.92 Å². The van der Waals surface area contributed by atoms with Crippen molar-refractivity contribution >= 4 is 11.7 Å². The molecule has 0 radical (unpaired) electrons. The summed E-state index contributed by atoms with van der Waals surface area (Å²) in [6.07, 6.45) is 10.4. The fourth-order valence-electron chi connectivity index (χ4n) is 2.54. The normalized spacial score (nSPS) is 17.0. The Labute approximate surface area is 131 Å². The number of piperidine rings is 1. The van der Waals surface area contributed by atoms with E-state index in [0.717, 1.165) is 38.0 Å². The van der Waals surface area contributed by atoms with Gasteiger partial charge in [-0.05, 0) is 37.6 Å². The molecule has 1 amide bonds. The second-order valence-corrected chi connectivity index (χ2v) is 5.32. The summed E-state index contributed by atoms with van der Waals surface area (Å²) in [6, 6.07) is 1.70. The molecule has 0 aliphatic carbocycles. The molecular formula is C17H22N4O. The Morgan fingerprint density at radius 2 is 2.18 bits per heavy atom. The summed E-state index contributed by atoms with van der Waals surface area (Å²) < 4.78 is 0. The van der Waals surface area contributed by atoms with Gasteiger partial charge in [-0.1, -0.05) is 31.4 Å². The lowest BCUT2D eigenvalue weighted by molar-refractivity contribution is -0.121. The van der Waals surface area contributed by atoms with Crippen molar-refractivity contribution in [1.29, 1.82) is 0 Å². The number of likely N-dealkylation sites (tertiary alicyclic amines) is 1. The van der Waals surface area contributed by atoms with Crippen molar-refractivity contribution < 1.29 is 4.79 Å². The highest BCUT2D eigenvalue weighted by Crippen LogP contribution is 2.19. The number of carbonyl (C=O) groups is 1. The predicted molar refractivity (Wildman–Crippen MR) is 88.3 cm³/mol. The summed E-state index contributed by atoms with van der Waals surface area (Å²) in [6.45, 7) is 10.2. The van der Waals surface area contributed by atoms with Gasteiger partial charge in [0.2, 0.25) is 5.91 Å². The molecule has 1 N–H and O–H groups in total. The third-order valence-electron chi connectivity index (χ3n) is 3.79. The first-order chi connectivity index (χ1) is 10.7. The van der Waals surface area contributed by atoms with Gasteiger partial charge in [0.05, 0.1) is 0 Å². The quantitative estimate of drug-likeness (QED) is 0.820. The molecule has 1 aliphatic rings. The summed E-state index contributed by atoms with van der Waals surface area (Å²) in [7, 11) is 0. The van der Waals surface area contributed by atoms with Gasteiger partial charge in [0.25, 0.3) is 0 Å². The van der Waals surface area contributed by atoms with E-state index in [1.165, 1.54) is 6.33 Å². The lowest BCUT2D eigenvalue weighted by Crippen LogP contribution is -2.39. The van der Waals surface area contributed by atoms with Crippen molar-refractivity contribution in [1.82, 2.24) is 14.9 Å². The van der Waals surface area contributed by atoms with Gasteiger partial charge in [0.15, 0.2) is 0 Å². The van der Waals surface area contributed by atoms with Crippen molar-refractivity contribution in [3.63, 3.8) is 0 Å². The van der Waals surface area contributed by atoms with Crippen LogP contribution < -0.4 is 5.32 Å². The van der Waals surface area contributed by atoms with Gasteiger partial charge in [0.1, 0.15) is 12.1 Å². The zero-order valence-corrected chi connectivity index (χ0v) is 12.7. The van der Waals surface area contributed by atoms with Crippen molar-refractivity contribution in [2.24, 2.45) is 5.92 Å². The molecular weight excluding hydrogens is 276 g/mol. The van der Waals surface area contributed by atoms with Crippen LogP contribution in [0.1, 0.15) is 12.8 Å². The number of rotatable bonds is 6. The average Bonchev–Trinajstić information content (AvgIpc) is 2.56. The third-order valence-corrected chi connectivity index (χ3v) is 3.79.